The maximum Gasteiger partial charge on any atom is 0.0548 e. The van der Waals surface area contributed by atoms with E-state index in [1.54, 1.807) is 11.3 Å². The molecule has 1 aromatic carbocycles. The van der Waals surface area contributed by atoms with Crippen LogP contribution in [-0.4, -0.2) is 17.5 Å². The quantitative estimate of drug-likeness (QED) is 0.749. The maximum atomic E-state index is 6.10. The Hall–Kier alpha value is -0.390. The average molecular weight is 388 g/mol. The molecule has 0 aliphatic heterocycles. The Labute approximate surface area is 144 Å². The van der Waals surface area contributed by atoms with Crippen LogP contribution < -0.4 is 5.73 Å². The Balaban J connectivity index is 2.28. The Bertz CT molecular complexity index is 572. The molecule has 0 spiro atoms. The number of benzene rings is 1. The second-order valence-electron chi connectivity index (χ2n) is 5.27. The summed E-state index contributed by atoms with van der Waals surface area (Å²) in [4.78, 5) is 3.79. The van der Waals surface area contributed by atoms with E-state index in [1.165, 1.54) is 10.4 Å². The Morgan fingerprint density at radius 1 is 1.33 bits per heavy atom. The lowest BCUT2D eigenvalue weighted by molar-refractivity contribution is 0.149. The molecule has 0 fully saturated rings. The molecule has 2 nitrogen and oxygen atoms in total. The normalized spacial score (nSPS) is 13.1. The molecule has 114 valence electrons. The number of halogens is 2. The molecule has 1 heterocycles. The predicted molar refractivity (Wildman–Crippen MR) is 95.9 cm³/mol. The van der Waals surface area contributed by atoms with Crippen molar-refractivity contribution in [3.05, 3.63) is 55.6 Å². The van der Waals surface area contributed by atoms with Crippen molar-refractivity contribution in [1.29, 1.82) is 0 Å². The van der Waals surface area contributed by atoms with Crippen molar-refractivity contribution >= 4 is 38.9 Å². The fourth-order valence-corrected chi connectivity index (χ4v) is 3.64. The topological polar surface area (TPSA) is 29.3 Å². The number of hydrogen-bond acceptors (Lipinski definition) is 3. The minimum Gasteiger partial charge on any atom is -0.329 e. The van der Waals surface area contributed by atoms with Crippen molar-refractivity contribution in [2.24, 2.45) is 5.73 Å². The molecule has 0 saturated carbocycles. The van der Waals surface area contributed by atoms with Gasteiger partial charge in [-0.05, 0) is 58.9 Å². The number of nitrogens with two attached hydrogens (primary N) is 1. The van der Waals surface area contributed by atoms with Crippen LogP contribution in [0.15, 0.2) is 40.2 Å². The third-order valence-corrected chi connectivity index (χ3v) is 5.61. The van der Waals surface area contributed by atoms with E-state index >= 15 is 0 Å². The van der Waals surface area contributed by atoms with Gasteiger partial charge in [-0.25, -0.2) is 0 Å². The van der Waals surface area contributed by atoms with E-state index in [0.717, 1.165) is 16.0 Å². The summed E-state index contributed by atoms with van der Waals surface area (Å²) >= 11 is 11.4. The summed E-state index contributed by atoms with van der Waals surface area (Å²) in [5.74, 6) is 0. The summed E-state index contributed by atoms with van der Waals surface area (Å²) in [6.45, 7) is 5.91. The van der Waals surface area contributed by atoms with Gasteiger partial charge in [0.15, 0.2) is 0 Å². The predicted octanol–water partition coefficient (Wildman–Crippen LogP) is 5.07. The third kappa shape index (κ3) is 4.30. The van der Waals surface area contributed by atoms with Crippen molar-refractivity contribution in [3.8, 4) is 0 Å². The van der Waals surface area contributed by atoms with Crippen LogP contribution in [0.1, 0.15) is 30.3 Å². The maximum absolute atomic E-state index is 6.10. The molecule has 5 heteroatoms. The lowest BCUT2D eigenvalue weighted by atomic mass is 10.0. The first-order valence-electron chi connectivity index (χ1n) is 6.96. The molecule has 21 heavy (non-hydrogen) atoms. The van der Waals surface area contributed by atoms with Crippen LogP contribution in [0.3, 0.4) is 0 Å². The molecule has 0 aliphatic carbocycles. The first kappa shape index (κ1) is 17.0. The fourth-order valence-electron chi connectivity index (χ4n) is 2.42. The van der Waals surface area contributed by atoms with Crippen molar-refractivity contribution in [2.45, 2.75) is 32.5 Å². The van der Waals surface area contributed by atoms with Gasteiger partial charge >= 0.3 is 0 Å². The van der Waals surface area contributed by atoms with Gasteiger partial charge < -0.3 is 5.73 Å². The third-order valence-electron chi connectivity index (χ3n) is 3.53. The van der Waals surface area contributed by atoms with Crippen LogP contribution in [0.5, 0.6) is 0 Å². The molecule has 1 atom stereocenters. The highest BCUT2D eigenvalue weighted by Gasteiger charge is 2.22. The van der Waals surface area contributed by atoms with Crippen LogP contribution >= 0.6 is 38.9 Å². The lowest BCUT2D eigenvalue weighted by Gasteiger charge is -2.34. The second kappa shape index (κ2) is 7.75. The highest BCUT2D eigenvalue weighted by atomic mass is 79.9. The van der Waals surface area contributed by atoms with Crippen LogP contribution in [0.2, 0.25) is 5.02 Å². The van der Waals surface area contributed by atoms with E-state index < -0.39 is 0 Å². The molecule has 0 aliphatic rings. The van der Waals surface area contributed by atoms with Crippen molar-refractivity contribution < 1.29 is 0 Å². The molecule has 2 aromatic rings. The number of hydrogen-bond donors (Lipinski definition) is 1. The van der Waals surface area contributed by atoms with Gasteiger partial charge in [0, 0.05) is 34.5 Å². The Morgan fingerprint density at radius 2 is 2.10 bits per heavy atom. The molecule has 0 radical (unpaired) electrons. The smallest absolute Gasteiger partial charge is 0.0548 e. The van der Waals surface area contributed by atoms with E-state index in [1.807, 2.05) is 6.07 Å². The van der Waals surface area contributed by atoms with Crippen LogP contribution in [0.4, 0.5) is 0 Å². The average Bonchev–Trinajstić information content (AvgIpc) is 2.95. The van der Waals surface area contributed by atoms with Crippen LogP contribution in [-0.2, 0) is 6.54 Å². The summed E-state index contributed by atoms with van der Waals surface area (Å²) in [5, 5.41) is 2.84. The van der Waals surface area contributed by atoms with Gasteiger partial charge in [0.25, 0.3) is 0 Å². The van der Waals surface area contributed by atoms with Gasteiger partial charge in [0.2, 0.25) is 0 Å². The summed E-state index contributed by atoms with van der Waals surface area (Å²) in [6.07, 6.45) is 0. The largest absolute Gasteiger partial charge is 0.329 e. The van der Waals surface area contributed by atoms with Gasteiger partial charge in [-0.15, -0.1) is 11.3 Å². The molecule has 0 saturated heterocycles. The highest BCUT2D eigenvalue weighted by molar-refractivity contribution is 9.10. The zero-order valence-corrected chi connectivity index (χ0v) is 15.4. The molecular formula is C16H20BrClN2S. The van der Waals surface area contributed by atoms with E-state index in [9.17, 15) is 0 Å². The monoisotopic (exact) mass is 386 g/mol. The van der Waals surface area contributed by atoms with Gasteiger partial charge in [-0.3, -0.25) is 4.90 Å². The minimum absolute atomic E-state index is 0.181. The summed E-state index contributed by atoms with van der Waals surface area (Å²) in [5.41, 5.74) is 7.27. The van der Waals surface area contributed by atoms with E-state index in [4.69, 9.17) is 17.3 Å². The highest BCUT2D eigenvalue weighted by Crippen LogP contribution is 2.30. The van der Waals surface area contributed by atoms with E-state index in [0.29, 0.717) is 12.6 Å². The number of nitrogens with zero attached hydrogens (tertiary/aromatic N) is 1. The molecule has 0 bridgehead atoms. The van der Waals surface area contributed by atoms with Gasteiger partial charge in [0.05, 0.1) is 5.02 Å². The summed E-state index contributed by atoms with van der Waals surface area (Å²) in [7, 11) is 0. The first-order chi connectivity index (χ1) is 10.0. The molecule has 0 amide bonds. The Kier molecular flexibility index (Phi) is 6.26. The van der Waals surface area contributed by atoms with Gasteiger partial charge in [0.1, 0.15) is 0 Å². The standard InChI is InChI=1S/C16H20BrClN2S/c1-11(2)20(10-13-4-3-7-21-13)16(9-19)12-5-6-15(18)14(17)8-12/h3-8,11,16H,9-10,19H2,1-2H3. The van der Waals surface area contributed by atoms with E-state index in [2.05, 4.69) is 64.3 Å². The zero-order chi connectivity index (χ0) is 15.4. The van der Waals surface area contributed by atoms with Crippen LogP contribution in [0, 0.1) is 0 Å². The Morgan fingerprint density at radius 3 is 2.62 bits per heavy atom. The first-order valence-corrected chi connectivity index (χ1v) is 9.01. The van der Waals surface area contributed by atoms with Gasteiger partial charge in [-0.2, -0.15) is 0 Å². The van der Waals surface area contributed by atoms with Crippen LogP contribution in [0.25, 0.3) is 0 Å². The molecule has 2 N–H and O–H groups in total. The lowest BCUT2D eigenvalue weighted by Crippen LogP contribution is -2.38. The van der Waals surface area contributed by atoms with Gasteiger partial charge in [-0.1, -0.05) is 23.7 Å². The fraction of sp³-hybridized carbons (Fsp3) is 0.375. The molecular weight excluding hydrogens is 368 g/mol. The molecule has 2 rings (SSSR count). The summed E-state index contributed by atoms with van der Waals surface area (Å²) in [6, 6.07) is 10.9. The summed E-state index contributed by atoms with van der Waals surface area (Å²) < 4.78 is 0.917. The second-order valence-corrected chi connectivity index (χ2v) is 7.56. The number of rotatable bonds is 6. The SMILES string of the molecule is CC(C)N(Cc1cccs1)C(CN)c1ccc(Cl)c(Br)c1. The minimum atomic E-state index is 0.181. The molecule has 1 unspecified atom stereocenters. The van der Waals surface area contributed by atoms with Crippen molar-refractivity contribution in [1.82, 2.24) is 4.90 Å². The number of thiophene rings is 1. The van der Waals surface area contributed by atoms with Crippen molar-refractivity contribution in [3.63, 3.8) is 0 Å². The zero-order valence-electron chi connectivity index (χ0n) is 12.2. The van der Waals surface area contributed by atoms with Crippen molar-refractivity contribution in [2.75, 3.05) is 6.54 Å². The molecule has 1 aromatic heterocycles. The van der Waals surface area contributed by atoms with E-state index in [-0.39, 0.29) is 6.04 Å².